The molecule has 0 aromatic heterocycles. The summed E-state index contributed by atoms with van der Waals surface area (Å²) in [5, 5.41) is 18.0. The minimum atomic E-state index is -1.48. The molecule has 2 rings (SSSR count). The SMILES string of the molecule is CC(C)Oc1ccccc1B(O)O.CC(C)Oc1ccccc1I. The molecule has 0 atom stereocenters. The van der Waals surface area contributed by atoms with Crippen molar-refractivity contribution in [2.75, 3.05) is 0 Å². The first-order valence-corrected chi connectivity index (χ1v) is 8.92. The molecule has 0 aliphatic carbocycles. The van der Waals surface area contributed by atoms with E-state index in [-0.39, 0.29) is 12.2 Å². The molecule has 0 fully saturated rings. The van der Waals surface area contributed by atoms with Crippen LogP contribution in [0, 0.1) is 3.57 Å². The van der Waals surface area contributed by atoms with Gasteiger partial charge in [-0.25, -0.2) is 0 Å². The van der Waals surface area contributed by atoms with Crippen molar-refractivity contribution < 1.29 is 19.5 Å². The molecular weight excluding hydrogens is 418 g/mol. The summed E-state index contributed by atoms with van der Waals surface area (Å²) in [4.78, 5) is 0. The lowest BCUT2D eigenvalue weighted by atomic mass is 9.79. The van der Waals surface area contributed by atoms with Gasteiger partial charge in [0.05, 0.1) is 15.8 Å². The Bertz CT molecular complexity index is 617. The average molecular weight is 442 g/mol. The highest BCUT2D eigenvalue weighted by Crippen LogP contribution is 2.20. The molecule has 0 heterocycles. The Morgan fingerprint density at radius 3 is 1.75 bits per heavy atom. The first-order valence-electron chi connectivity index (χ1n) is 7.84. The standard InChI is InChI=1S/C9H13BO3.C9H11IO/c1-7(2)13-9-6-4-3-5-8(9)10(11)12;1-7(2)11-9-6-4-3-5-8(9)10/h3-7,11-12H,1-2H3;3-7H,1-2H3. The Hall–Kier alpha value is -1.25. The third-order valence-corrected chi connectivity index (χ3v) is 3.65. The maximum Gasteiger partial charge on any atom is 0.492 e. The van der Waals surface area contributed by atoms with E-state index >= 15 is 0 Å². The van der Waals surface area contributed by atoms with Gasteiger partial charge in [0.25, 0.3) is 0 Å². The summed E-state index contributed by atoms with van der Waals surface area (Å²) in [6.07, 6.45) is 0.283. The molecule has 0 amide bonds. The number of hydrogen-bond acceptors (Lipinski definition) is 4. The first-order chi connectivity index (χ1) is 11.3. The van der Waals surface area contributed by atoms with Crippen LogP contribution in [0.1, 0.15) is 27.7 Å². The van der Waals surface area contributed by atoms with Crippen LogP contribution in [0.4, 0.5) is 0 Å². The van der Waals surface area contributed by atoms with Crippen LogP contribution in [0.3, 0.4) is 0 Å². The van der Waals surface area contributed by atoms with Crippen LogP contribution in [-0.2, 0) is 0 Å². The second-order valence-corrected chi connectivity index (χ2v) is 6.84. The van der Waals surface area contributed by atoms with Gasteiger partial charge in [-0.05, 0) is 68.5 Å². The van der Waals surface area contributed by atoms with Crippen molar-refractivity contribution in [2.24, 2.45) is 0 Å². The van der Waals surface area contributed by atoms with E-state index in [0.717, 1.165) is 5.75 Å². The van der Waals surface area contributed by atoms with Gasteiger partial charge < -0.3 is 19.5 Å². The highest BCUT2D eigenvalue weighted by molar-refractivity contribution is 14.1. The fourth-order valence-corrected chi connectivity index (χ4v) is 2.36. The molecule has 6 heteroatoms. The summed E-state index contributed by atoms with van der Waals surface area (Å²) in [5.41, 5.74) is 0.399. The van der Waals surface area contributed by atoms with Crippen LogP contribution in [0.15, 0.2) is 48.5 Å². The van der Waals surface area contributed by atoms with E-state index in [1.165, 1.54) is 3.57 Å². The summed E-state index contributed by atoms with van der Waals surface area (Å²) in [6.45, 7) is 7.84. The molecule has 0 aliphatic heterocycles. The smallest absolute Gasteiger partial charge is 0.491 e. The first kappa shape index (κ1) is 20.8. The predicted octanol–water partition coefficient (Wildman–Crippen LogP) is 3.23. The van der Waals surface area contributed by atoms with Crippen LogP contribution >= 0.6 is 22.6 Å². The monoisotopic (exact) mass is 442 g/mol. The van der Waals surface area contributed by atoms with E-state index in [4.69, 9.17) is 19.5 Å². The Morgan fingerprint density at radius 1 is 0.792 bits per heavy atom. The van der Waals surface area contributed by atoms with Crippen molar-refractivity contribution in [2.45, 2.75) is 39.9 Å². The molecule has 0 bridgehead atoms. The molecule has 0 spiro atoms. The zero-order valence-electron chi connectivity index (χ0n) is 14.4. The number of ether oxygens (including phenoxy) is 2. The third kappa shape index (κ3) is 7.55. The maximum atomic E-state index is 8.99. The van der Waals surface area contributed by atoms with Gasteiger partial charge in [0.1, 0.15) is 11.5 Å². The second-order valence-electron chi connectivity index (χ2n) is 5.68. The molecular formula is C18H24BIO4. The molecule has 0 aliphatic rings. The van der Waals surface area contributed by atoms with Crippen molar-refractivity contribution in [1.82, 2.24) is 0 Å². The number of benzene rings is 2. The van der Waals surface area contributed by atoms with Gasteiger partial charge in [-0.3, -0.25) is 0 Å². The number of rotatable bonds is 5. The Kier molecular flexibility index (Phi) is 9.17. The summed E-state index contributed by atoms with van der Waals surface area (Å²) in [5.74, 6) is 1.50. The normalized spacial score (nSPS) is 10.2. The largest absolute Gasteiger partial charge is 0.492 e. The van der Waals surface area contributed by atoms with E-state index in [1.807, 2.05) is 52.0 Å². The lowest BCUT2D eigenvalue weighted by molar-refractivity contribution is 0.240. The van der Waals surface area contributed by atoms with Crippen molar-refractivity contribution >= 4 is 35.2 Å². The minimum Gasteiger partial charge on any atom is -0.491 e. The number of para-hydroxylation sites is 2. The van der Waals surface area contributed by atoms with E-state index in [0.29, 0.717) is 11.2 Å². The van der Waals surface area contributed by atoms with Crippen LogP contribution in [0.2, 0.25) is 0 Å². The fraction of sp³-hybridized carbons (Fsp3) is 0.333. The third-order valence-electron chi connectivity index (χ3n) is 2.76. The van der Waals surface area contributed by atoms with Crippen molar-refractivity contribution in [1.29, 1.82) is 0 Å². The Balaban J connectivity index is 0.000000243. The zero-order chi connectivity index (χ0) is 18.1. The van der Waals surface area contributed by atoms with Crippen molar-refractivity contribution in [3.05, 3.63) is 52.1 Å². The summed E-state index contributed by atoms with van der Waals surface area (Å²) in [6, 6.07) is 14.9. The maximum absolute atomic E-state index is 8.99. The molecule has 2 aromatic rings. The van der Waals surface area contributed by atoms with E-state index in [1.54, 1.807) is 24.3 Å². The predicted molar refractivity (Wildman–Crippen MR) is 107 cm³/mol. The number of hydrogen-bond donors (Lipinski definition) is 2. The van der Waals surface area contributed by atoms with Crippen LogP contribution in [0.5, 0.6) is 11.5 Å². The second kappa shape index (κ2) is 10.6. The number of halogens is 1. The molecule has 130 valence electrons. The molecule has 4 nitrogen and oxygen atoms in total. The molecule has 2 N–H and O–H groups in total. The Labute approximate surface area is 158 Å². The van der Waals surface area contributed by atoms with Crippen LogP contribution in [0.25, 0.3) is 0 Å². The Morgan fingerprint density at radius 2 is 1.25 bits per heavy atom. The highest BCUT2D eigenvalue weighted by atomic mass is 127. The lowest BCUT2D eigenvalue weighted by Gasteiger charge is -2.13. The van der Waals surface area contributed by atoms with Crippen molar-refractivity contribution in [3.8, 4) is 11.5 Å². The van der Waals surface area contributed by atoms with Gasteiger partial charge in [-0.2, -0.15) is 0 Å². The molecule has 0 unspecified atom stereocenters. The van der Waals surface area contributed by atoms with Gasteiger partial charge in [0.2, 0.25) is 0 Å². The van der Waals surface area contributed by atoms with Gasteiger partial charge in [-0.15, -0.1) is 0 Å². The van der Waals surface area contributed by atoms with E-state index < -0.39 is 7.12 Å². The highest BCUT2D eigenvalue weighted by Gasteiger charge is 2.16. The van der Waals surface area contributed by atoms with Gasteiger partial charge >= 0.3 is 7.12 Å². The molecule has 2 aromatic carbocycles. The van der Waals surface area contributed by atoms with Gasteiger partial charge in [-0.1, -0.05) is 30.3 Å². The van der Waals surface area contributed by atoms with Gasteiger partial charge in [0.15, 0.2) is 0 Å². The molecule has 0 radical (unpaired) electrons. The van der Waals surface area contributed by atoms with E-state index in [2.05, 4.69) is 22.6 Å². The molecule has 0 saturated carbocycles. The van der Waals surface area contributed by atoms with Crippen LogP contribution < -0.4 is 14.9 Å². The van der Waals surface area contributed by atoms with Crippen molar-refractivity contribution in [3.63, 3.8) is 0 Å². The topological polar surface area (TPSA) is 58.9 Å². The van der Waals surface area contributed by atoms with Crippen LogP contribution in [-0.4, -0.2) is 29.4 Å². The molecule has 24 heavy (non-hydrogen) atoms. The quantitative estimate of drug-likeness (QED) is 0.552. The summed E-state index contributed by atoms with van der Waals surface area (Å²) in [7, 11) is -1.48. The lowest BCUT2D eigenvalue weighted by Crippen LogP contribution is -2.32. The summed E-state index contributed by atoms with van der Waals surface area (Å²) >= 11 is 2.27. The fourth-order valence-electron chi connectivity index (χ4n) is 1.85. The molecule has 0 saturated heterocycles. The summed E-state index contributed by atoms with van der Waals surface area (Å²) < 4.78 is 12.1. The van der Waals surface area contributed by atoms with E-state index in [9.17, 15) is 0 Å². The minimum absolute atomic E-state index is 0.0277. The van der Waals surface area contributed by atoms with Gasteiger partial charge in [0, 0.05) is 5.46 Å². The average Bonchev–Trinajstić information content (AvgIpc) is 2.49. The zero-order valence-corrected chi connectivity index (χ0v) is 16.6.